The summed E-state index contributed by atoms with van der Waals surface area (Å²) in [6.07, 6.45) is 18.0. The highest BCUT2D eigenvalue weighted by atomic mass is 16.5. The van der Waals surface area contributed by atoms with E-state index < -0.39 is 0 Å². The van der Waals surface area contributed by atoms with Crippen molar-refractivity contribution in [3.63, 3.8) is 0 Å². The lowest BCUT2D eigenvalue weighted by molar-refractivity contribution is -0.0342. The van der Waals surface area contributed by atoms with E-state index in [4.69, 9.17) is 4.74 Å². The van der Waals surface area contributed by atoms with E-state index >= 15 is 0 Å². The Kier molecular flexibility index (Phi) is 6.24. The van der Waals surface area contributed by atoms with Gasteiger partial charge in [-0.3, -0.25) is 0 Å². The molecule has 1 aliphatic heterocycles. The molecular weight excluding hydrogens is 268 g/mol. The monoisotopic (exact) mass is 306 g/mol. The molecule has 0 aromatic rings. The molecule has 3 aliphatic rings. The van der Waals surface area contributed by atoms with Gasteiger partial charge in [0.2, 0.25) is 0 Å². The minimum atomic E-state index is 0.588. The Bertz CT molecular complexity index is 326. The highest BCUT2D eigenvalue weighted by Gasteiger charge is 2.30. The summed E-state index contributed by atoms with van der Waals surface area (Å²) in [5.74, 6) is 4.87. The molecule has 2 aliphatic carbocycles. The van der Waals surface area contributed by atoms with Crippen molar-refractivity contribution in [3.05, 3.63) is 0 Å². The van der Waals surface area contributed by atoms with Crippen molar-refractivity contribution < 1.29 is 4.74 Å². The summed E-state index contributed by atoms with van der Waals surface area (Å²) in [4.78, 5) is 0. The van der Waals surface area contributed by atoms with Crippen LogP contribution in [0.2, 0.25) is 0 Å². The van der Waals surface area contributed by atoms with Crippen LogP contribution in [0.3, 0.4) is 0 Å². The zero-order chi connectivity index (χ0) is 15.4. The maximum absolute atomic E-state index is 6.17. The minimum absolute atomic E-state index is 0.588. The first kappa shape index (κ1) is 16.8. The van der Waals surface area contributed by atoms with E-state index in [1.165, 1.54) is 77.0 Å². The average molecular weight is 307 g/mol. The SMILES string of the molecule is CC1CCCC[C@@H]1CC1CC(CC2CCC[C@@H](C)C2)CCO1. The third-order valence-electron chi connectivity index (χ3n) is 7.04. The van der Waals surface area contributed by atoms with Gasteiger partial charge in [-0.1, -0.05) is 58.8 Å². The lowest BCUT2D eigenvalue weighted by Gasteiger charge is -2.37. The van der Waals surface area contributed by atoms with E-state index in [0.717, 1.165) is 36.2 Å². The van der Waals surface area contributed by atoms with Gasteiger partial charge >= 0.3 is 0 Å². The molecule has 22 heavy (non-hydrogen) atoms. The molecule has 6 atom stereocenters. The number of rotatable bonds is 4. The summed E-state index contributed by atoms with van der Waals surface area (Å²) in [7, 11) is 0. The second-order valence-electron chi connectivity index (χ2n) is 9.01. The van der Waals surface area contributed by atoms with Gasteiger partial charge in [-0.25, -0.2) is 0 Å². The van der Waals surface area contributed by atoms with E-state index in [-0.39, 0.29) is 0 Å². The topological polar surface area (TPSA) is 9.23 Å². The fourth-order valence-electron chi connectivity index (χ4n) is 5.66. The van der Waals surface area contributed by atoms with Gasteiger partial charge in [-0.2, -0.15) is 0 Å². The molecule has 0 N–H and O–H groups in total. The van der Waals surface area contributed by atoms with Crippen molar-refractivity contribution in [2.24, 2.45) is 29.6 Å². The predicted octanol–water partition coefficient (Wildman–Crippen LogP) is 6.21. The first-order valence-electron chi connectivity index (χ1n) is 10.3. The second kappa shape index (κ2) is 8.18. The Morgan fingerprint density at radius 1 is 0.773 bits per heavy atom. The molecule has 1 saturated heterocycles. The predicted molar refractivity (Wildman–Crippen MR) is 93.9 cm³/mol. The molecule has 2 saturated carbocycles. The maximum atomic E-state index is 6.17. The molecule has 4 unspecified atom stereocenters. The molecule has 1 heterocycles. The van der Waals surface area contributed by atoms with Crippen LogP contribution in [-0.2, 0) is 4.74 Å². The molecule has 0 radical (unpaired) electrons. The van der Waals surface area contributed by atoms with Gasteiger partial charge in [0, 0.05) is 6.61 Å². The molecule has 0 spiro atoms. The lowest BCUT2D eigenvalue weighted by Crippen LogP contribution is -2.31. The molecular formula is C21H38O. The zero-order valence-electron chi connectivity index (χ0n) is 15.1. The van der Waals surface area contributed by atoms with Crippen LogP contribution in [-0.4, -0.2) is 12.7 Å². The third kappa shape index (κ3) is 4.73. The van der Waals surface area contributed by atoms with E-state index in [2.05, 4.69) is 13.8 Å². The fraction of sp³-hybridized carbons (Fsp3) is 1.00. The summed E-state index contributed by atoms with van der Waals surface area (Å²) in [6, 6.07) is 0. The van der Waals surface area contributed by atoms with Crippen molar-refractivity contribution in [1.29, 1.82) is 0 Å². The van der Waals surface area contributed by atoms with Crippen LogP contribution >= 0.6 is 0 Å². The maximum Gasteiger partial charge on any atom is 0.0580 e. The fourth-order valence-corrected chi connectivity index (χ4v) is 5.66. The highest BCUT2D eigenvalue weighted by molar-refractivity contribution is 4.81. The van der Waals surface area contributed by atoms with Gasteiger partial charge in [0.15, 0.2) is 0 Å². The Morgan fingerprint density at radius 2 is 1.59 bits per heavy atom. The van der Waals surface area contributed by atoms with E-state index in [1.54, 1.807) is 0 Å². The Morgan fingerprint density at radius 3 is 2.41 bits per heavy atom. The standard InChI is InChI=1S/C21H38O/c1-16-6-5-8-18(12-16)13-19-10-11-22-21(14-19)15-20-9-4-3-7-17(20)2/h16-21H,3-15H2,1-2H3/t16-,17?,18?,19?,20-,21?/m1/s1. The van der Waals surface area contributed by atoms with E-state index in [1.807, 2.05) is 0 Å². The van der Waals surface area contributed by atoms with Crippen LogP contribution in [0.25, 0.3) is 0 Å². The molecule has 1 nitrogen and oxygen atoms in total. The van der Waals surface area contributed by atoms with Crippen LogP contribution < -0.4 is 0 Å². The Hall–Kier alpha value is -0.0400. The van der Waals surface area contributed by atoms with Crippen LogP contribution in [0, 0.1) is 29.6 Å². The molecule has 3 rings (SSSR count). The van der Waals surface area contributed by atoms with Crippen molar-refractivity contribution in [1.82, 2.24) is 0 Å². The van der Waals surface area contributed by atoms with Gasteiger partial charge in [-0.15, -0.1) is 0 Å². The number of hydrogen-bond acceptors (Lipinski definition) is 1. The number of hydrogen-bond donors (Lipinski definition) is 0. The summed E-state index contributed by atoms with van der Waals surface area (Å²) < 4.78 is 6.17. The quantitative estimate of drug-likeness (QED) is 0.599. The van der Waals surface area contributed by atoms with Gasteiger partial charge in [-0.05, 0) is 61.7 Å². The number of ether oxygens (including phenoxy) is 1. The van der Waals surface area contributed by atoms with Gasteiger partial charge in [0.05, 0.1) is 6.10 Å². The summed E-state index contributed by atoms with van der Waals surface area (Å²) >= 11 is 0. The van der Waals surface area contributed by atoms with Crippen molar-refractivity contribution >= 4 is 0 Å². The smallest absolute Gasteiger partial charge is 0.0580 e. The van der Waals surface area contributed by atoms with E-state index in [0.29, 0.717) is 6.10 Å². The average Bonchev–Trinajstić information content (AvgIpc) is 2.50. The second-order valence-corrected chi connectivity index (χ2v) is 9.01. The van der Waals surface area contributed by atoms with Gasteiger partial charge in [0.25, 0.3) is 0 Å². The minimum Gasteiger partial charge on any atom is -0.378 e. The van der Waals surface area contributed by atoms with E-state index in [9.17, 15) is 0 Å². The molecule has 0 bridgehead atoms. The molecule has 128 valence electrons. The first-order chi connectivity index (χ1) is 10.7. The molecule has 0 amide bonds. The summed E-state index contributed by atoms with van der Waals surface area (Å²) in [6.45, 7) is 5.98. The van der Waals surface area contributed by atoms with Gasteiger partial charge < -0.3 is 4.74 Å². The Balaban J connectivity index is 1.44. The van der Waals surface area contributed by atoms with Crippen LogP contribution in [0.15, 0.2) is 0 Å². The summed E-state index contributed by atoms with van der Waals surface area (Å²) in [5, 5.41) is 0. The molecule has 1 heteroatoms. The van der Waals surface area contributed by atoms with Crippen LogP contribution in [0.1, 0.15) is 90.9 Å². The van der Waals surface area contributed by atoms with Crippen LogP contribution in [0.4, 0.5) is 0 Å². The first-order valence-corrected chi connectivity index (χ1v) is 10.3. The normalized spacial score (nSPS) is 43.9. The van der Waals surface area contributed by atoms with Crippen molar-refractivity contribution in [2.75, 3.05) is 6.61 Å². The van der Waals surface area contributed by atoms with Crippen molar-refractivity contribution in [2.45, 2.75) is 97.0 Å². The molecule has 0 aromatic heterocycles. The third-order valence-corrected chi connectivity index (χ3v) is 7.04. The van der Waals surface area contributed by atoms with Crippen molar-refractivity contribution in [3.8, 4) is 0 Å². The summed E-state index contributed by atoms with van der Waals surface area (Å²) in [5.41, 5.74) is 0. The molecule has 0 aromatic carbocycles. The van der Waals surface area contributed by atoms with Crippen LogP contribution in [0.5, 0.6) is 0 Å². The lowest BCUT2D eigenvalue weighted by atomic mass is 9.74. The molecule has 3 fully saturated rings. The highest BCUT2D eigenvalue weighted by Crippen LogP contribution is 2.39. The Labute approximate surface area is 138 Å². The zero-order valence-corrected chi connectivity index (χ0v) is 15.1. The van der Waals surface area contributed by atoms with Gasteiger partial charge in [0.1, 0.15) is 0 Å². The largest absolute Gasteiger partial charge is 0.378 e.